The van der Waals surface area contributed by atoms with Crippen LogP contribution >= 0.6 is 7.82 Å². The van der Waals surface area contributed by atoms with E-state index >= 15 is 0 Å². The van der Waals surface area contributed by atoms with Crippen molar-refractivity contribution in [3.63, 3.8) is 0 Å². The van der Waals surface area contributed by atoms with Crippen molar-refractivity contribution in [2.45, 2.75) is 19.8 Å². The molecule has 0 aliphatic heterocycles. The van der Waals surface area contributed by atoms with Gasteiger partial charge < -0.3 is 4.52 Å². The van der Waals surface area contributed by atoms with Gasteiger partial charge in [-0.15, -0.1) is 0 Å². The Morgan fingerprint density at radius 1 is 1.12 bits per heavy atom. The van der Waals surface area contributed by atoms with Crippen LogP contribution in [0, 0.1) is 0 Å². The average molecular weight is 244 g/mol. The van der Waals surface area contributed by atoms with E-state index in [0.717, 1.165) is 5.56 Å². The molecule has 0 heterocycles. The molecule has 90 valence electrons. The fraction of sp³-hybridized carbons (Fsp3) is 0.455. The predicted octanol–water partition coefficient (Wildman–Crippen LogP) is 3.59. The minimum Gasteiger partial charge on any atom is -0.404 e. The molecule has 0 atom stereocenters. The molecule has 0 radical (unpaired) electrons. The highest BCUT2D eigenvalue weighted by Crippen LogP contribution is 2.49. The van der Waals surface area contributed by atoms with Gasteiger partial charge in [-0.25, -0.2) is 4.57 Å². The SMILES string of the molecule is COP(=O)(OC)Oc1ccccc1C(C)C. The molecule has 1 aromatic rings. The van der Waals surface area contributed by atoms with E-state index in [2.05, 4.69) is 0 Å². The largest absolute Gasteiger partial charge is 0.529 e. The molecule has 0 aliphatic carbocycles. The van der Waals surface area contributed by atoms with Crippen LogP contribution in [0.25, 0.3) is 0 Å². The molecule has 0 unspecified atom stereocenters. The van der Waals surface area contributed by atoms with Crippen molar-refractivity contribution in [1.29, 1.82) is 0 Å². The Morgan fingerprint density at radius 2 is 1.69 bits per heavy atom. The van der Waals surface area contributed by atoms with Crippen LogP contribution in [0.1, 0.15) is 25.3 Å². The van der Waals surface area contributed by atoms with Gasteiger partial charge in [-0.3, -0.25) is 9.05 Å². The van der Waals surface area contributed by atoms with Gasteiger partial charge in [0.1, 0.15) is 5.75 Å². The topological polar surface area (TPSA) is 44.8 Å². The molecule has 5 heteroatoms. The normalized spacial score (nSPS) is 11.8. The maximum Gasteiger partial charge on any atom is 0.529 e. The highest BCUT2D eigenvalue weighted by molar-refractivity contribution is 7.48. The summed E-state index contributed by atoms with van der Waals surface area (Å²) in [5.41, 5.74) is 0.969. The Balaban J connectivity index is 3.01. The zero-order chi connectivity index (χ0) is 12.2. The smallest absolute Gasteiger partial charge is 0.404 e. The number of benzene rings is 1. The second-order valence-electron chi connectivity index (χ2n) is 3.60. The van der Waals surface area contributed by atoms with Crippen molar-refractivity contribution < 1.29 is 18.1 Å². The van der Waals surface area contributed by atoms with E-state index in [-0.39, 0.29) is 5.92 Å². The lowest BCUT2D eigenvalue weighted by atomic mass is 10.0. The van der Waals surface area contributed by atoms with E-state index < -0.39 is 7.82 Å². The lowest BCUT2D eigenvalue weighted by Gasteiger charge is -2.18. The molecule has 0 amide bonds. The van der Waals surface area contributed by atoms with Gasteiger partial charge in [0.25, 0.3) is 0 Å². The van der Waals surface area contributed by atoms with Gasteiger partial charge in [0.15, 0.2) is 0 Å². The number of phosphoric acid groups is 1. The molecule has 0 bridgehead atoms. The fourth-order valence-corrected chi connectivity index (χ4v) is 2.02. The first kappa shape index (κ1) is 13.2. The van der Waals surface area contributed by atoms with Crippen molar-refractivity contribution in [2.24, 2.45) is 0 Å². The van der Waals surface area contributed by atoms with Crippen molar-refractivity contribution in [1.82, 2.24) is 0 Å². The Morgan fingerprint density at radius 3 is 2.19 bits per heavy atom. The lowest BCUT2D eigenvalue weighted by Crippen LogP contribution is -2.00. The summed E-state index contributed by atoms with van der Waals surface area (Å²) in [6.45, 7) is 4.07. The summed E-state index contributed by atoms with van der Waals surface area (Å²) in [7, 11) is -0.882. The molecule has 0 aromatic heterocycles. The Labute approximate surface area is 96.1 Å². The maximum atomic E-state index is 11.8. The van der Waals surface area contributed by atoms with Gasteiger partial charge in [-0.1, -0.05) is 32.0 Å². The average Bonchev–Trinajstić information content (AvgIpc) is 2.29. The van der Waals surface area contributed by atoms with E-state index in [1.807, 2.05) is 32.0 Å². The van der Waals surface area contributed by atoms with Gasteiger partial charge >= 0.3 is 7.82 Å². The second kappa shape index (κ2) is 5.48. The standard InChI is InChI=1S/C11H17O4P/c1-9(2)10-7-5-6-8-11(10)15-16(12,13-3)14-4/h5-9H,1-4H3. The van der Waals surface area contributed by atoms with Crippen LogP contribution in [-0.4, -0.2) is 14.2 Å². The monoisotopic (exact) mass is 244 g/mol. The van der Waals surface area contributed by atoms with Gasteiger partial charge in [0, 0.05) is 14.2 Å². The second-order valence-corrected chi connectivity index (χ2v) is 5.40. The van der Waals surface area contributed by atoms with Crippen LogP contribution < -0.4 is 4.52 Å². The molecular formula is C11H17O4P. The predicted molar refractivity (Wildman–Crippen MR) is 62.8 cm³/mol. The van der Waals surface area contributed by atoms with Crippen LogP contribution in [0.2, 0.25) is 0 Å². The summed E-state index contributed by atoms with van der Waals surface area (Å²) < 4.78 is 26.6. The van der Waals surface area contributed by atoms with E-state index in [1.165, 1.54) is 14.2 Å². The van der Waals surface area contributed by atoms with Crippen molar-refractivity contribution in [2.75, 3.05) is 14.2 Å². The quantitative estimate of drug-likeness (QED) is 0.742. The number of hydrogen-bond donors (Lipinski definition) is 0. The van der Waals surface area contributed by atoms with Gasteiger partial charge in [0.2, 0.25) is 0 Å². The molecule has 0 spiro atoms. The molecule has 0 saturated carbocycles. The van der Waals surface area contributed by atoms with E-state index in [0.29, 0.717) is 5.75 Å². The summed E-state index contributed by atoms with van der Waals surface area (Å²) in [5, 5.41) is 0. The van der Waals surface area contributed by atoms with Crippen molar-refractivity contribution in [3.05, 3.63) is 29.8 Å². The lowest BCUT2D eigenvalue weighted by molar-refractivity contribution is 0.210. The van der Waals surface area contributed by atoms with E-state index in [4.69, 9.17) is 13.6 Å². The number of para-hydroxylation sites is 1. The van der Waals surface area contributed by atoms with Crippen molar-refractivity contribution in [3.8, 4) is 5.75 Å². The number of phosphoric ester groups is 1. The van der Waals surface area contributed by atoms with Crippen LogP contribution in [-0.2, 0) is 13.6 Å². The molecule has 4 nitrogen and oxygen atoms in total. The molecule has 0 aliphatic rings. The highest BCUT2D eigenvalue weighted by atomic mass is 31.2. The van der Waals surface area contributed by atoms with Gasteiger partial charge in [-0.2, -0.15) is 0 Å². The summed E-state index contributed by atoms with van der Waals surface area (Å²) in [6, 6.07) is 7.40. The number of hydrogen-bond acceptors (Lipinski definition) is 4. The third kappa shape index (κ3) is 3.08. The first-order valence-corrected chi connectivity index (χ1v) is 6.48. The van der Waals surface area contributed by atoms with Gasteiger partial charge in [0.05, 0.1) is 0 Å². The minimum atomic E-state index is -3.47. The van der Waals surface area contributed by atoms with Crippen LogP contribution in [0.4, 0.5) is 0 Å². The molecule has 1 aromatic carbocycles. The molecule has 0 fully saturated rings. The van der Waals surface area contributed by atoms with Crippen LogP contribution in [0.15, 0.2) is 24.3 Å². The molecule has 1 rings (SSSR count). The third-order valence-electron chi connectivity index (χ3n) is 2.20. The summed E-state index contributed by atoms with van der Waals surface area (Å²) in [5.74, 6) is 0.808. The Bertz CT molecular complexity index is 381. The minimum absolute atomic E-state index is 0.276. The van der Waals surface area contributed by atoms with E-state index in [9.17, 15) is 4.57 Å². The molecule has 0 saturated heterocycles. The van der Waals surface area contributed by atoms with Gasteiger partial charge in [-0.05, 0) is 17.5 Å². The summed E-state index contributed by atoms with van der Waals surface area (Å²) >= 11 is 0. The molecule has 0 N–H and O–H groups in total. The van der Waals surface area contributed by atoms with E-state index in [1.54, 1.807) is 6.07 Å². The first-order valence-electron chi connectivity index (χ1n) is 5.02. The maximum absolute atomic E-state index is 11.8. The molecule has 16 heavy (non-hydrogen) atoms. The van der Waals surface area contributed by atoms with Crippen LogP contribution in [0.3, 0.4) is 0 Å². The first-order chi connectivity index (χ1) is 7.52. The third-order valence-corrected chi connectivity index (χ3v) is 3.51. The number of rotatable bonds is 5. The van der Waals surface area contributed by atoms with Crippen LogP contribution in [0.5, 0.6) is 5.75 Å². The zero-order valence-electron chi connectivity index (χ0n) is 9.97. The van der Waals surface area contributed by atoms with Crippen molar-refractivity contribution >= 4 is 7.82 Å². The highest BCUT2D eigenvalue weighted by Gasteiger charge is 2.26. The fourth-order valence-electron chi connectivity index (χ4n) is 1.31. The summed E-state index contributed by atoms with van der Waals surface area (Å²) in [6.07, 6.45) is 0. The summed E-state index contributed by atoms with van der Waals surface area (Å²) in [4.78, 5) is 0. The molecular weight excluding hydrogens is 227 g/mol. The zero-order valence-corrected chi connectivity index (χ0v) is 10.9. The Kier molecular flexibility index (Phi) is 4.54. The Hall–Kier alpha value is -0.830.